The molecule has 3 rings (SSSR count). The van der Waals surface area contributed by atoms with Crippen LogP contribution in [0.2, 0.25) is 4.34 Å². The zero-order valence-corrected chi connectivity index (χ0v) is 17.1. The molecule has 2 heterocycles. The molecule has 2 aromatic rings. The minimum atomic E-state index is -0.729. The summed E-state index contributed by atoms with van der Waals surface area (Å²) >= 11 is 7.73. The fourth-order valence-corrected chi connectivity index (χ4v) is 4.83. The molecule has 0 amide bonds. The zero-order chi connectivity index (χ0) is 19.4. The van der Waals surface area contributed by atoms with Crippen LogP contribution in [0.1, 0.15) is 36.2 Å². The molecule has 1 aromatic heterocycles. The number of benzene rings is 1. The Hall–Kier alpha value is -1.76. The summed E-state index contributed by atoms with van der Waals surface area (Å²) in [5, 5.41) is 9.48. The highest BCUT2D eigenvalue weighted by Crippen LogP contribution is 2.40. The fourth-order valence-electron chi connectivity index (χ4n) is 3.60. The Morgan fingerprint density at radius 2 is 2.19 bits per heavy atom. The van der Waals surface area contributed by atoms with Crippen LogP contribution in [0.3, 0.4) is 0 Å². The van der Waals surface area contributed by atoms with Crippen LogP contribution >= 0.6 is 22.9 Å². The van der Waals surface area contributed by atoms with Gasteiger partial charge in [-0.05, 0) is 56.1 Å². The van der Waals surface area contributed by atoms with Crippen molar-refractivity contribution in [3.63, 3.8) is 0 Å². The van der Waals surface area contributed by atoms with Crippen LogP contribution in [-0.2, 0) is 4.79 Å². The molecule has 1 aliphatic heterocycles. The SMILES string of the molecule is CCOc1cc(C(c2ccc(Cl)s2)N2CCCC(C(=O)O)C2)ccc1OC. The Morgan fingerprint density at radius 3 is 2.81 bits per heavy atom. The molecule has 1 N–H and O–H groups in total. The molecule has 0 spiro atoms. The summed E-state index contributed by atoms with van der Waals surface area (Å²) in [5.74, 6) is 0.302. The monoisotopic (exact) mass is 409 g/mol. The molecule has 0 aliphatic carbocycles. The molecule has 1 aliphatic rings. The third kappa shape index (κ3) is 4.57. The van der Waals surface area contributed by atoms with Gasteiger partial charge >= 0.3 is 5.97 Å². The number of halogens is 1. The summed E-state index contributed by atoms with van der Waals surface area (Å²) in [6, 6.07) is 9.76. The number of methoxy groups -OCH3 is 1. The van der Waals surface area contributed by atoms with Crippen molar-refractivity contribution < 1.29 is 19.4 Å². The number of carboxylic acids is 1. The van der Waals surface area contributed by atoms with Gasteiger partial charge in [0.25, 0.3) is 0 Å². The first-order valence-electron chi connectivity index (χ1n) is 9.06. The van der Waals surface area contributed by atoms with Gasteiger partial charge < -0.3 is 14.6 Å². The molecule has 0 bridgehead atoms. The van der Waals surface area contributed by atoms with Crippen LogP contribution in [-0.4, -0.2) is 42.8 Å². The van der Waals surface area contributed by atoms with Crippen LogP contribution in [0.25, 0.3) is 0 Å². The average Bonchev–Trinajstić information content (AvgIpc) is 3.08. The van der Waals surface area contributed by atoms with E-state index in [1.807, 2.05) is 37.3 Å². The number of carboxylic acid groups (broad SMARTS) is 1. The Morgan fingerprint density at radius 1 is 1.37 bits per heavy atom. The van der Waals surface area contributed by atoms with Crippen LogP contribution in [0, 0.1) is 5.92 Å². The van der Waals surface area contributed by atoms with Crippen molar-refractivity contribution in [2.24, 2.45) is 5.92 Å². The molecule has 5 nitrogen and oxygen atoms in total. The summed E-state index contributed by atoms with van der Waals surface area (Å²) in [5.41, 5.74) is 1.05. The molecule has 2 unspecified atom stereocenters. The number of piperidine rings is 1. The number of hydrogen-bond acceptors (Lipinski definition) is 5. The van der Waals surface area contributed by atoms with E-state index in [4.69, 9.17) is 21.1 Å². The summed E-state index contributed by atoms with van der Waals surface area (Å²) < 4.78 is 11.9. The molecule has 1 aromatic carbocycles. The van der Waals surface area contributed by atoms with Gasteiger partial charge in [0.1, 0.15) is 0 Å². The van der Waals surface area contributed by atoms with Crippen LogP contribution in [0.4, 0.5) is 0 Å². The van der Waals surface area contributed by atoms with Gasteiger partial charge in [-0.3, -0.25) is 9.69 Å². The molecule has 27 heavy (non-hydrogen) atoms. The lowest BCUT2D eigenvalue weighted by Gasteiger charge is -2.37. The first-order chi connectivity index (χ1) is 13.0. The van der Waals surface area contributed by atoms with E-state index in [0.717, 1.165) is 34.2 Å². The second-order valence-corrected chi connectivity index (χ2v) is 8.31. The molecule has 1 fully saturated rings. The van der Waals surface area contributed by atoms with E-state index >= 15 is 0 Å². The predicted molar refractivity (Wildman–Crippen MR) is 107 cm³/mol. The number of ether oxygens (including phenoxy) is 2. The normalized spacial score (nSPS) is 18.9. The maximum atomic E-state index is 11.5. The van der Waals surface area contributed by atoms with Crippen LogP contribution in [0.5, 0.6) is 11.5 Å². The number of aliphatic carboxylic acids is 1. The van der Waals surface area contributed by atoms with Crippen molar-refractivity contribution in [1.82, 2.24) is 4.90 Å². The molecular weight excluding hydrogens is 386 g/mol. The van der Waals surface area contributed by atoms with E-state index in [2.05, 4.69) is 4.90 Å². The van der Waals surface area contributed by atoms with E-state index in [0.29, 0.717) is 24.7 Å². The predicted octanol–water partition coefficient (Wildman–Crippen LogP) is 4.69. The fraction of sp³-hybridized carbons (Fsp3) is 0.450. The number of hydrogen-bond donors (Lipinski definition) is 1. The quantitative estimate of drug-likeness (QED) is 0.718. The van der Waals surface area contributed by atoms with Crippen molar-refractivity contribution in [1.29, 1.82) is 0 Å². The number of carbonyl (C=O) groups is 1. The van der Waals surface area contributed by atoms with Crippen molar-refractivity contribution in [2.45, 2.75) is 25.8 Å². The third-order valence-electron chi connectivity index (χ3n) is 4.83. The molecule has 7 heteroatoms. The number of rotatable bonds is 7. The van der Waals surface area contributed by atoms with Crippen molar-refractivity contribution in [2.75, 3.05) is 26.8 Å². The van der Waals surface area contributed by atoms with E-state index in [-0.39, 0.29) is 12.0 Å². The minimum Gasteiger partial charge on any atom is -0.493 e. The second-order valence-electron chi connectivity index (χ2n) is 6.56. The lowest BCUT2D eigenvalue weighted by molar-refractivity contribution is -0.143. The van der Waals surface area contributed by atoms with Crippen LogP contribution in [0.15, 0.2) is 30.3 Å². The summed E-state index contributed by atoms with van der Waals surface area (Å²) in [6.45, 7) is 3.84. The van der Waals surface area contributed by atoms with Gasteiger partial charge in [0.15, 0.2) is 11.5 Å². The largest absolute Gasteiger partial charge is 0.493 e. The Bertz CT molecular complexity index is 794. The van der Waals surface area contributed by atoms with Crippen molar-refractivity contribution >= 4 is 28.9 Å². The number of thiophene rings is 1. The minimum absolute atomic E-state index is 0.0604. The van der Waals surface area contributed by atoms with Gasteiger partial charge in [0.05, 0.1) is 30.0 Å². The van der Waals surface area contributed by atoms with E-state index in [1.54, 1.807) is 7.11 Å². The Kier molecular flexibility index (Phi) is 6.63. The second kappa shape index (κ2) is 8.95. The van der Waals surface area contributed by atoms with E-state index in [9.17, 15) is 9.90 Å². The average molecular weight is 410 g/mol. The molecule has 2 atom stereocenters. The Balaban J connectivity index is 2.00. The first-order valence-corrected chi connectivity index (χ1v) is 10.3. The number of likely N-dealkylation sites (tertiary alicyclic amines) is 1. The smallest absolute Gasteiger partial charge is 0.307 e. The van der Waals surface area contributed by atoms with Gasteiger partial charge in [-0.1, -0.05) is 17.7 Å². The maximum absolute atomic E-state index is 11.5. The van der Waals surface area contributed by atoms with Gasteiger partial charge in [-0.25, -0.2) is 0 Å². The van der Waals surface area contributed by atoms with Gasteiger partial charge in [-0.2, -0.15) is 0 Å². The zero-order valence-electron chi connectivity index (χ0n) is 15.5. The van der Waals surface area contributed by atoms with Gasteiger partial charge in [-0.15, -0.1) is 11.3 Å². The first kappa shape index (κ1) is 20.0. The van der Waals surface area contributed by atoms with Crippen LogP contribution < -0.4 is 9.47 Å². The van der Waals surface area contributed by atoms with Crippen molar-refractivity contribution in [3.8, 4) is 11.5 Å². The Labute approximate surface area is 168 Å². The lowest BCUT2D eigenvalue weighted by atomic mass is 9.94. The lowest BCUT2D eigenvalue weighted by Crippen LogP contribution is -2.41. The standard InChI is InChI=1S/C20H24ClNO4S/c1-3-26-16-11-13(6-7-15(16)25-2)19(17-8-9-18(21)27-17)22-10-4-5-14(12-22)20(23)24/h6-9,11,14,19H,3-5,10,12H2,1-2H3,(H,23,24). The summed E-state index contributed by atoms with van der Waals surface area (Å²) in [6.07, 6.45) is 1.58. The molecule has 1 saturated heterocycles. The summed E-state index contributed by atoms with van der Waals surface area (Å²) in [7, 11) is 1.62. The number of nitrogens with zero attached hydrogens (tertiary/aromatic N) is 1. The van der Waals surface area contributed by atoms with Gasteiger partial charge in [0.2, 0.25) is 0 Å². The molecule has 0 saturated carbocycles. The van der Waals surface area contributed by atoms with E-state index < -0.39 is 5.97 Å². The molecule has 146 valence electrons. The third-order valence-corrected chi connectivity index (χ3v) is 6.12. The highest BCUT2D eigenvalue weighted by Gasteiger charge is 2.32. The summed E-state index contributed by atoms with van der Waals surface area (Å²) in [4.78, 5) is 14.9. The molecular formula is C20H24ClNO4S. The van der Waals surface area contributed by atoms with E-state index in [1.165, 1.54) is 11.3 Å². The highest BCUT2D eigenvalue weighted by atomic mass is 35.5. The highest BCUT2D eigenvalue weighted by molar-refractivity contribution is 7.16. The molecule has 0 radical (unpaired) electrons. The van der Waals surface area contributed by atoms with Crippen molar-refractivity contribution in [3.05, 3.63) is 45.1 Å². The topological polar surface area (TPSA) is 59.0 Å². The van der Waals surface area contributed by atoms with Gasteiger partial charge in [0, 0.05) is 11.4 Å². The maximum Gasteiger partial charge on any atom is 0.307 e.